The number of aryl methyl sites for hydroxylation is 1. The number of anilines is 2. The number of benzene rings is 2. The zero-order valence-corrected chi connectivity index (χ0v) is 20.1. The van der Waals surface area contributed by atoms with Crippen molar-refractivity contribution in [1.82, 2.24) is 10.2 Å². The number of rotatable bonds is 6. The molecular weight excluding hydrogens is 468 g/mol. The number of carbonyl (C=O) groups is 1. The molecule has 0 saturated carbocycles. The molecule has 1 aliphatic rings. The van der Waals surface area contributed by atoms with Crippen molar-refractivity contribution in [2.45, 2.75) is 41.4 Å². The normalized spacial score (nSPS) is 15.9. The van der Waals surface area contributed by atoms with Gasteiger partial charge < -0.3 is 4.74 Å². The molecule has 2 aromatic carbocycles. The maximum Gasteiger partial charge on any atom is 0.269 e. The van der Waals surface area contributed by atoms with Crippen molar-refractivity contribution in [2.75, 3.05) is 16.2 Å². The summed E-state index contributed by atoms with van der Waals surface area (Å²) in [5, 5.41) is 11.4. The lowest BCUT2D eigenvalue weighted by Gasteiger charge is -2.34. The molecule has 3 aromatic rings. The third-order valence-corrected chi connectivity index (χ3v) is 8.33. The number of carbonyl (C=O) groups excluding carboxylic acids is 1. The Morgan fingerprint density at radius 3 is 2.62 bits per heavy atom. The number of para-hydroxylation sites is 2. The average Bonchev–Trinajstić information content (AvgIpc) is 3.19. The molecule has 0 radical (unpaired) electrons. The van der Waals surface area contributed by atoms with Gasteiger partial charge in [0.2, 0.25) is 5.13 Å². The monoisotopic (exact) mass is 490 g/mol. The molecule has 0 fully saturated rings. The van der Waals surface area contributed by atoms with E-state index in [-0.39, 0.29) is 11.4 Å². The third kappa shape index (κ3) is 4.74. The van der Waals surface area contributed by atoms with E-state index in [9.17, 15) is 13.2 Å². The van der Waals surface area contributed by atoms with Crippen LogP contribution in [-0.2, 0) is 14.8 Å². The van der Waals surface area contributed by atoms with Gasteiger partial charge in [0, 0.05) is 5.25 Å². The van der Waals surface area contributed by atoms with Crippen LogP contribution >= 0.6 is 23.1 Å². The van der Waals surface area contributed by atoms with Crippen LogP contribution in [-0.4, -0.2) is 42.4 Å². The van der Waals surface area contributed by atoms with Gasteiger partial charge in [0.05, 0.1) is 17.1 Å². The molecule has 1 N–H and O–H groups in total. The first-order valence-corrected chi connectivity index (χ1v) is 13.0. The van der Waals surface area contributed by atoms with Crippen molar-refractivity contribution in [1.29, 1.82) is 0 Å². The highest BCUT2D eigenvalue weighted by Crippen LogP contribution is 2.37. The number of sulfonamides is 1. The van der Waals surface area contributed by atoms with E-state index in [1.807, 2.05) is 20.8 Å². The van der Waals surface area contributed by atoms with E-state index in [2.05, 4.69) is 15.5 Å². The van der Waals surface area contributed by atoms with Gasteiger partial charge in [0.15, 0.2) is 10.4 Å². The molecule has 1 aliphatic heterocycles. The van der Waals surface area contributed by atoms with Crippen molar-refractivity contribution in [3.8, 4) is 5.75 Å². The quantitative estimate of drug-likeness (QED) is 0.412. The lowest BCUT2D eigenvalue weighted by Crippen LogP contribution is -2.48. The highest BCUT2D eigenvalue weighted by molar-refractivity contribution is 8.01. The summed E-state index contributed by atoms with van der Waals surface area (Å²) in [4.78, 5) is 13.1. The number of thioether (sulfide) groups is 1. The molecular formula is C21H22N4O4S3. The van der Waals surface area contributed by atoms with Crippen LogP contribution in [0, 0.1) is 6.92 Å². The highest BCUT2D eigenvalue weighted by atomic mass is 32.2. The van der Waals surface area contributed by atoms with E-state index in [4.69, 9.17) is 4.74 Å². The second kappa shape index (κ2) is 9.08. The van der Waals surface area contributed by atoms with Gasteiger partial charge >= 0.3 is 0 Å². The van der Waals surface area contributed by atoms with E-state index in [1.165, 1.54) is 15.6 Å². The van der Waals surface area contributed by atoms with Gasteiger partial charge in [0.1, 0.15) is 5.75 Å². The number of amides is 1. The first kappa shape index (κ1) is 22.6. The Hall–Kier alpha value is -2.63. The smallest absolute Gasteiger partial charge is 0.269 e. The zero-order valence-electron chi connectivity index (χ0n) is 17.7. The van der Waals surface area contributed by atoms with Crippen LogP contribution in [0.15, 0.2) is 57.8 Å². The summed E-state index contributed by atoms with van der Waals surface area (Å²) in [7, 11) is -3.90. The summed E-state index contributed by atoms with van der Waals surface area (Å²) in [5.74, 6) is -0.163. The largest absolute Gasteiger partial charge is 0.476 e. The van der Waals surface area contributed by atoms with Crippen LogP contribution in [0.5, 0.6) is 5.75 Å². The summed E-state index contributed by atoms with van der Waals surface area (Å²) >= 11 is 2.81. The number of fused-ring (bicyclic) bond motifs is 1. The summed E-state index contributed by atoms with van der Waals surface area (Å²) in [5.41, 5.74) is 1.35. The van der Waals surface area contributed by atoms with E-state index < -0.39 is 22.0 Å². The average molecular weight is 491 g/mol. The molecule has 0 saturated heterocycles. The molecule has 32 heavy (non-hydrogen) atoms. The molecule has 0 bridgehead atoms. The summed E-state index contributed by atoms with van der Waals surface area (Å²) in [6.45, 7) is 5.81. The Labute approximate surface area is 195 Å². The molecule has 0 unspecified atom stereocenters. The number of hydrogen-bond donors (Lipinski definition) is 1. The van der Waals surface area contributed by atoms with Gasteiger partial charge in [-0.15, -0.1) is 10.2 Å². The molecule has 8 nitrogen and oxygen atoms in total. The topological polar surface area (TPSA) is 101 Å². The fourth-order valence-corrected chi connectivity index (χ4v) is 6.55. The molecule has 1 amide bonds. The molecule has 2 heterocycles. The third-order valence-electron chi connectivity index (χ3n) is 4.61. The summed E-state index contributed by atoms with van der Waals surface area (Å²) in [6.07, 6.45) is -1.05. The van der Waals surface area contributed by atoms with Crippen molar-refractivity contribution in [3.63, 3.8) is 0 Å². The van der Waals surface area contributed by atoms with Crippen LogP contribution < -0.4 is 14.4 Å². The van der Waals surface area contributed by atoms with Gasteiger partial charge in [-0.2, -0.15) is 0 Å². The minimum Gasteiger partial charge on any atom is -0.476 e. The number of ether oxygens (including phenoxy) is 1. The van der Waals surface area contributed by atoms with Crippen LogP contribution in [0.4, 0.5) is 10.8 Å². The van der Waals surface area contributed by atoms with E-state index in [0.717, 1.165) is 9.90 Å². The van der Waals surface area contributed by atoms with Crippen LogP contribution in [0.25, 0.3) is 0 Å². The number of nitrogens with zero attached hydrogens (tertiary/aromatic N) is 3. The second-order valence-electron chi connectivity index (χ2n) is 7.45. The zero-order chi connectivity index (χ0) is 22.9. The van der Waals surface area contributed by atoms with Crippen LogP contribution in [0.3, 0.4) is 0 Å². The van der Waals surface area contributed by atoms with Gasteiger partial charge in [-0.1, -0.05) is 66.8 Å². The summed E-state index contributed by atoms with van der Waals surface area (Å²) in [6, 6.07) is 13.4. The molecule has 0 aliphatic carbocycles. The first-order valence-electron chi connectivity index (χ1n) is 9.90. The van der Waals surface area contributed by atoms with Crippen molar-refractivity contribution < 1.29 is 17.9 Å². The Kier molecular flexibility index (Phi) is 6.40. The van der Waals surface area contributed by atoms with Gasteiger partial charge in [-0.3, -0.25) is 14.4 Å². The number of hydrogen-bond acceptors (Lipinski definition) is 8. The van der Waals surface area contributed by atoms with Crippen molar-refractivity contribution >= 4 is 49.8 Å². The molecule has 1 atom stereocenters. The predicted molar refractivity (Wildman–Crippen MR) is 126 cm³/mol. The first-order chi connectivity index (χ1) is 15.2. The van der Waals surface area contributed by atoms with Crippen LogP contribution in [0.1, 0.15) is 19.4 Å². The number of nitrogens with one attached hydrogen (secondary N) is 1. The fourth-order valence-electron chi connectivity index (χ4n) is 3.10. The van der Waals surface area contributed by atoms with Crippen molar-refractivity contribution in [3.05, 3.63) is 54.1 Å². The Bertz CT molecular complexity index is 1230. The number of aromatic nitrogens is 2. The maximum absolute atomic E-state index is 13.4. The van der Waals surface area contributed by atoms with Gasteiger partial charge in [0.25, 0.3) is 15.9 Å². The second-order valence-corrected chi connectivity index (χ2v) is 12.1. The Morgan fingerprint density at radius 1 is 1.19 bits per heavy atom. The fraction of sp³-hybridized carbons (Fsp3) is 0.286. The minimum atomic E-state index is -3.90. The summed E-state index contributed by atoms with van der Waals surface area (Å²) < 4.78 is 34.6. The molecule has 11 heteroatoms. The SMILES string of the molecule is Cc1ccc(S(=O)(=O)N2C[C@H](C(=O)Nc3nnc(SC(C)C)s3)Oc3ccccc32)cc1. The van der Waals surface area contributed by atoms with Gasteiger partial charge in [-0.05, 0) is 31.2 Å². The van der Waals surface area contributed by atoms with E-state index >= 15 is 0 Å². The van der Waals surface area contributed by atoms with Crippen molar-refractivity contribution in [2.24, 2.45) is 0 Å². The Balaban J connectivity index is 1.60. The highest BCUT2D eigenvalue weighted by Gasteiger charge is 2.37. The molecule has 1 aromatic heterocycles. The minimum absolute atomic E-state index is 0.151. The molecule has 168 valence electrons. The van der Waals surface area contributed by atoms with Gasteiger partial charge in [-0.25, -0.2) is 8.42 Å². The van der Waals surface area contributed by atoms with E-state index in [0.29, 0.717) is 21.8 Å². The lowest BCUT2D eigenvalue weighted by atomic mass is 10.2. The lowest BCUT2D eigenvalue weighted by molar-refractivity contribution is -0.122. The Morgan fingerprint density at radius 2 is 1.91 bits per heavy atom. The molecule has 0 spiro atoms. The van der Waals surface area contributed by atoms with Crippen LogP contribution in [0.2, 0.25) is 0 Å². The predicted octanol–water partition coefficient (Wildman–Crippen LogP) is 3.94. The maximum atomic E-state index is 13.4. The van der Waals surface area contributed by atoms with E-state index in [1.54, 1.807) is 60.3 Å². The molecule has 4 rings (SSSR count). The standard InChI is InChI=1S/C21H22N4O4S3/c1-13(2)30-21-24-23-20(31-21)22-19(26)18-12-25(16-6-4-5-7-17(16)29-18)32(27,28)15-10-8-14(3)9-11-15/h4-11,13,18H,12H2,1-3H3,(H,22,23,26)/t18-/m1/s1.